The zero-order chi connectivity index (χ0) is 15.1. The molecule has 0 bridgehead atoms. The maximum Gasteiger partial charge on any atom is 0.192 e. The van der Waals surface area contributed by atoms with Crippen LogP contribution in [0.4, 0.5) is 0 Å². The van der Waals surface area contributed by atoms with Crippen molar-refractivity contribution >= 4 is 24.2 Å². The Kier molecular flexibility index (Phi) is 8.71. The Hall–Kier alpha value is 0.317. The maximum absolute atomic E-state index is 9.59. The van der Waals surface area contributed by atoms with Gasteiger partial charge < -0.3 is 14.6 Å². The van der Waals surface area contributed by atoms with Crippen LogP contribution in [0.1, 0.15) is 33.6 Å². The molecule has 3 nitrogen and oxygen atoms in total. The van der Waals surface area contributed by atoms with Gasteiger partial charge in [0.1, 0.15) is 0 Å². The van der Waals surface area contributed by atoms with Gasteiger partial charge in [-0.1, -0.05) is 48.9 Å². The monoisotopic (exact) mass is 352 g/mol. The molecule has 0 fully saturated rings. The van der Waals surface area contributed by atoms with E-state index in [9.17, 15) is 10.2 Å². The van der Waals surface area contributed by atoms with Crippen LogP contribution >= 0.6 is 15.9 Å². The van der Waals surface area contributed by atoms with Crippen LogP contribution < -0.4 is 0 Å². The Labute approximate surface area is 127 Å². The molecule has 0 saturated heterocycles. The molecular weight excluding hydrogens is 324 g/mol. The van der Waals surface area contributed by atoms with Crippen LogP contribution in [0.5, 0.6) is 0 Å². The number of rotatable bonds is 8. The van der Waals surface area contributed by atoms with E-state index < -0.39 is 14.4 Å². The van der Waals surface area contributed by atoms with E-state index in [1.165, 1.54) is 0 Å². The van der Waals surface area contributed by atoms with E-state index in [-0.39, 0.29) is 17.7 Å². The lowest BCUT2D eigenvalue weighted by molar-refractivity contribution is 0.105. The highest BCUT2D eigenvalue weighted by Crippen LogP contribution is 2.37. The van der Waals surface area contributed by atoms with Crippen molar-refractivity contribution in [2.45, 2.75) is 64.0 Å². The molecule has 0 spiro atoms. The van der Waals surface area contributed by atoms with Crippen LogP contribution in [-0.2, 0) is 4.43 Å². The fraction of sp³-hybridized carbons (Fsp3) is 0.857. The van der Waals surface area contributed by atoms with Crippen molar-refractivity contribution in [3.8, 4) is 0 Å². The smallest absolute Gasteiger partial charge is 0.192 e. The molecule has 0 aliphatic rings. The van der Waals surface area contributed by atoms with E-state index in [2.05, 4.69) is 49.8 Å². The molecule has 0 saturated carbocycles. The Morgan fingerprint density at radius 1 is 1.32 bits per heavy atom. The third-order valence-electron chi connectivity index (χ3n) is 3.63. The van der Waals surface area contributed by atoms with Gasteiger partial charge in [-0.3, -0.25) is 0 Å². The number of hydrogen-bond donors (Lipinski definition) is 2. The number of hydrogen-bond acceptors (Lipinski definition) is 3. The third kappa shape index (κ3) is 7.61. The van der Waals surface area contributed by atoms with Crippen molar-refractivity contribution in [2.75, 3.05) is 11.9 Å². The van der Waals surface area contributed by atoms with Crippen LogP contribution in [-0.4, -0.2) is 42.7 Å². The summed E-state index contributed by atoms with van der Waals surface area (Å²) in [6.45, 7) is 10.9. The van der Waals surface area contributed by atoms with Gasteiger partial charge in [0.2, 0.25) is 0 Å². The summed E-state index contributed by atoms with van der Waals surface area (Å²) < 4.78 is 6.14. The molecule has 5 heteroatoms. The average molecular weight is 353 g/mol. The predicted molar refractivity (Wildman–Crippen MR) is 87.3 cm³/mol. The van der Waals surface area contributed by atoms with Gasteiger partial charge in [-0.2, -0.15) is 0 Å². The van der Waals surface area contributed by atoms with Gasteiger partial charge in [0, 0.05) is 5.33 Å². The number of aliphatic hydroxyl groups is 2. The molecule has 0 amide bonds. The molecule has 114 valence electrons. The van der Waals surface area contributed by atoms with Crippen LogP contribution in [0, 0.1) is 0 Å². The van der Waals surface area contributed by atoms with Crippen molar-refractivity contribution in [3.63, 3.8) is 0 Å². The number of alkyl halides is 1. The molecule has 0 aromatic heterocycles. The second-order valence-corrected chi connectivity index (χ2v) is 11.9. The summed E-state index contributed by atoms with van der Waals surface area (Å²) in [5, 5.41) is 19.9. The van der Waals surface area contributed by atoms with E-state index in [0.717, 1.165) is 5.33 Å². The van der Waals surface area contributed by atoms with Crippen LogP contribution in [0.15, 0.2) is 12.2 Å². The van der Waals surface area contributed by atoms with Gasteiger partial charge in [0.05, 0.1) is 18.8 Å². The van der Waals surface area contributed by atoms with Gasteiger partial charge in [0.15, 0.2) is 8.32 Å². The highest BCUT2D eigenvalue weighted by Gasteiger charge is 2.38. The summed E-state index contributed by atoms with van der Waals surface area (Å²) in [4.78, 5) is 0. The predicted octanol–water partition coefficient (Wildman–Crippen LogP) is 3.46. The van der Waals surface area contributed by atoms with Gasteiger partial charge in [0.25, 0.3) is 0 Å². The van der Waals surface area contributed by atoms with Crippen molar-refractivity contribution in [3.05, 3.63) is 12.2 Å². The van der Waals surface area contributed by atoms with Crippen molar-refractivity contribution in [1.82, 2.24) is 0 Å². The molecular formula is C14H29BrO3Si. The zero-order valence-corrected chi connectivity index (χ0v) is 15.4. The summed E-state index contributed by atoms with van der Waals surface area (Å²) in [6, 6.07) is 0. The van der Waals surface area contributed by atoms with Gasteiger partial charge in [-0.05, 0) is 31.0 Å². The Morgan fingerprint density at radius 3 is 2.32 bits per heavy atom. The highest BCUT2D eigenvalue weighted by molar-refractivity contribution is 9.09. The largest absolute Gasteiger partial charge is 0.411 e. The highest BCUT2D eigenvalue weighted by atomic mass is 79.9. The lowest BCUT2D eigenvalue weighted by atomic mass is 10.2. The minimum Gasteiger partial charge on any atom is -0.411 e. The molecule has 0 heterocycles. The van der Waals surface area contributed by atoms with Crippen molar-refractivity contribution < 1.29 is 14.6 Å². The molecule has 0 rings (SSSR count). The third-order valence-corrected chi connectivity index (χ3v) is 8.63. The van der Waals surface area contributed by atoms with Gasteiger partial charge in [-0.25, -0.2) is 0 Å². The van der Waals surface area contributed by atoms with Gasteiger partial charge >= 0.3 is 0 Å². The standard InChI is InChI=1S/C14H29BrO3Si/c1-14(2,3)19(4,5)18-13(11-16)8-6-7-12(17)9-10-15/h6-7,12-13,16-17H,8-11H2,1-5H3/b7-6+/t12-,13+/m0/s1. The average Bonchev–Trinajstić information content (AvgIpc) is 2.26. The quantitative estimate of drug-likeness (QED) is 0.399. The Balaban J connectivity index is 4.37. The van der Waals surface area contributed by atoms with Gasteiger partial charge in [-0.15, -0.1) is 0 Å². The molecule has 0 aliphatic carbocycles. The van der Waals surface area contributed by atoms with E-state index in [1.807, 2.05) is 6.08 Å². The normalized spacial score (nSPS) is 16.8. The van der Waals surface area contributed by atoms with Crippen molar-refractivity contribution in [1.29, 1.82) is 0 Å². The summed E-state index contributed by atoms with van der Waals surface area (Å²) in [5.41, 5.74) is 0. The minimum absolute atomic E-state index is 0.0192. The second kappa shape index (κ2) is 8.57. The summed E-state index contributed by atoms with van der Waals surface area (Å²) >= 11 is 3.29. The second-order valence-electron chi connectivity index (χ2n) is 6.39. The number of aliphatic hydroxyl groups excluding tert-OH is 2. The van der Waals surface area contributed by atoms with Crippen LogP contribution in [0.3, 0.4) is 0 Å². The molecule has 19 heavy (non-hydrogen) atoms. The first-order chi connectivity index (χ1) is 8.64. The van der Waals surface area contributed by atoms with Crippen molar-refractivity contribution in [2.24, 2.45) is 0 Å². The first kappa shape index (κ1) is 19.3. The summed E-state index contributed by atoms with van der Waals surface area (Å²) in [7, 11) is -1.85. The zero-order valence-electron chi connectivity index (χ0n) is 12.8. The lowest BCUT2D eigenvalue weighted by Gasteiger charge is -2.38. The Morgan fingerprint density at radius 2 is 1.89 bits per heavy atom. The maximum atomic E-state index is 9.59. The molecule has 2 atom stereocenters. The molecule has 0 radical (unpaired) electrons. The Bertz CT molecular complexity index is 274. The SMILES string of the molecule is CC(C)(C)[Si](C)(C)O[C@@H](CO)C/C=C/[C@H](O)CCBr. The fourth-order valence-electron chi connectivity index (χ4n) is 1.35. The molecule has 0 unspecified atom stereocenters. The minimum atomic E-state index is -1.85. The summed E-state index contributed by atoms with van der Waals surface area (Å²) in [6.07, 6.45) is 4.42. The van der Waals surface area contributed by atoms with E-state index in [1.54, 1.807) is 6.08 Å². The van der Waals surface area contributed by atoms with E-state index >= 15 is 0 Å². The first-order valence-electron chi connectivity index (χ1n) is 6.83. The van der Waals surface area contributed by atoms with E-state index in [0.29, 0.717) is 12.8 Å². The van der Waals surface area contributed by atoms with Crippen LogP contribution in [0.25, 0.3) is 0 Å². The fourth-order valence-corrected chi connectivity index (χ4v) is 3.18. The number of halogens is 1. The van der Waals surface area contributed by atoms with E-state index in [4.69, 9.17) is 4.43 Å². The van der Waals surface area contributed by atoms with Crippen LogP contribution in [0.2, 0.25) is 18.1 Å². The topological polar surface area (TPSA) is 49.7 Å². The first-order valence-corrected chi connectivity index (χ1v) is 10.9. The lowest BCUT2D eigenvalue weighted by Crippen LogP contribution is -2.44. The summed E-state index contributed by atoms with van der Waals surface area (Å²) in [5.74, 6) is 0. The molecule has 0 aliphatic heterocycles. The molecule has 0 aromatic carbocycles. The molecule has 2 N–H and O–H groups in total. The molecule has 0 aromatic rings.